The number of hydrogen-bond acceptors (Lipinski definition) is 3. The van der Waals surface area contributed by atoms with Crippen molar-refractivity contribution in [3.8, 4) is 0 Å². The molecule has 1 N–H and O–H groups in total. The number of fused-ring (bicyclic) bond motifs is 1. The summed E-state index contributed by atoms with van der Waals surface area (Å²) in [5.74, 6) is 0.486. The van der Waals surface area contributed by atoms with Gasteiger partial charge < -0.3 is 14.6 Å². The number of likely N-dealkylation sites (tertiary alicyclic amines) is 1. The van der Waals surface area contributed by atoms with Gasteiger partial charge in [-0.25, -0.2) is 9.59 Å². The first-order valence-corrected chi connectivity index (χ1v) is 9.00. The van der Waals surface area contributed by atoms with Gasteiger partial charge in [0.1, 0.15) is 0 Å². The van der Waals surface area contributed by atoms with Crippen molar-refractivity contribution in [2.45, 2.75) is 45.6 Å². The SMILES string of the molecule is CC(C)CNC(=O)N1CCC(c2ccc3c(c2)oc(=O)n3C)C[C@@H]1C. The molecule has 2 atom stereocenters. The molecule has 1 aromatic heterocycles. The summed E-state index contributed by atoms with van der Waals surface area (Å²) in [4.78, 5) is 25.9. The van der Waals surface area contributed by atoms with Crippen molar-refractivity contribution in [2.75, 3.05) is 13.1 Å². The molecule has 2 heterocycles. The lowest BCUT2D eigenvalue weighted by Crippen LogP contribution is -2.49. The van der Waals surface area contributed by atoms with Crippen LogP contribution < -0.4 is 11.1 Å². The molecule has 3 rings (SSSR count). The summed E-state index contributed by atoms with van der Waals surface area (Å²) in [6.07, 6.45) is 1.83. The van der Waals surface area contributed by atoms with E-state index in [2.05, 4.69) is 32.2 Å². The minimum absolute atomic E-state index is 0.0316. The zero-order chi connectivity index (χ0) is 18.1. The van der Waals surface area contributed by atoms with Crippen LogP contribution in [0.1, 0.15) is 45.1 Å². The van der Waals surface area contributed by atoms with E-state index < -0.39 is 0 Å². The number of carbonyl (C=O) groups is 1. The van der Waals surface area contributed by atoms with Gasteiger partial charge in [-0.05, 0) is 49.3 Å². The molecule has 25 heavy (non-hydrogen) atoms. The number of aryl methyl sites for hydroxylation is 1. The van der Waals surface area contributed by atoms with Crippen LogP contribution in [-0.2, 0) is 7.05 Å². The predicted octanol–water partition coefficient (Wildman–Crippen LogP) is 3.07. The van der Waals surface area contributed by atoms with Gasteiger partial charge in [-0.3, -0.25) is 4.57 Å². The molecule has 2 amide bonds. The Kier molecular flexibility index (Phi) is 4.88. The standard InChI is InChI=1S/C19H27N3O3/c1-12(2)11-20-18(23)22-8-7-15(9-13(22)3)14-5-6-16-17(10-14)25-19(24)21(16)4/h5-6,10,12-13,15H,7-9,11H2,1-4H3,(H,20,23)/t13-,15?/m0/s1. The van der Waals surface area contributed by atoms with Crippen molar-refractivity contribution < 1.29 is 9.21 Å². The van der Waals surface area contributed by atoms with Gasteiger partial charge in [-0.2, -0.15) is 0 Å². The van der Waals surface area contributed by atoms with Crippen molar-refractivity contribution in [1.82, 2.24) is 14.8 Å². The monoisotopic (exact) mass is 345 g/mol. The summed E-state index contributed by atoms with van der Waals surface area (Å²) in [5, 5.41) is 3.00. The summed E-state index contributed by atoms with van der Waals surface area (Å²) in [6.45, 7) is 7.73. The Morgan fingerprint density at radius 2 is 2.16 bits per heavy atom. The highest BCUT2D eigenvalue weighted by atomic mass is 16.4. The molecule has 136 valence electrons. The fourth-order valence-electron chi connectivity index (χ4n) is 3.57. The Hall–Kier alpha value is -2.24. The highest BCUT2D eigenvalue weighted by molar-refractivity contribution is 5.75. The van der Waals surface area contributed by atoms with E-state index in [-0.39, 0.29) is 17.8 Å². The third-order valence-electron chi connectivity index (χ3n) is 5.09. The third kappa shape index (κ3) is 3.57. The molecular formula is C19H27N3O3. The van der Waals surface area contributed by atoms with E-state index in [1.807, 2.05) is 17.0 Å². The summed E-state index contributed by atoms with van der Waals surface area (Å²) in [5.41, 5.74) is 2.62. The van der Waals surface area contributed by atoms with Crippen LogP contribution in [0, 0.1) is 5.92 Å². The molecule has 0 saturated carbocycles. The van der Waals surface area contributed by atoms with Gasteiger partial charge in [-0.15, -0.1) is 0 Å². The van der Waals surface area contributed by atoms with E-state index in [1.54, 1.807) is 7.05 Å². The molecular weight excluding hydrogens is 318 g/mol. The van der Waals surface area contributed by atoms with Crippen LogP contribution in [0.4, 0.5) is 4.79 Å². The molecule has 1 fully saturated rings. The first kappa shape index (κ1) is 17.6. The molecule has 0 bridgehead atoms. The number of amides is 2. The Morgan fingerprint density at radius 1 is 1.40 bits per heavy atom. The number of oxazole rings is 1. The molecule has 2 aromatic rings. The number of benzene rings is 1. The quantitative estimate of drug-likeness (QED) is 0.929. The minimum atomic E-state index is -0.336. The third-order valence-corrected chi connectivity index (χ3v) is 5.09. The average Bonchev–Trinajstić information content (AvgIpc) is 2.86. The first-order valence-electron chi connectivity index (χ1n) is 9.00. The van der Waals surface area contributed by atoms with Crippen molar-refractivity contribution in [2.24, 2.45) is 13.0 Å². The summed E-state index contributed by atoms with van der Waals surface area (Å²) >= 11 is 0. The number of carbonyl (C=O) groups excluding carboxylic acids is 1. The highest BCUT2D eigenvalue weighted by Gasteiger charge is 2.29. The van der Waals surface area contributed by atoms with Crippen LogP contribution >= 0.6 is 0 Å². The van der Waals surface area contributed by atoms with Crippen LogP contribution in [0.3, 0.4) is 0 Å². The van der Waals surface area contributed by atoms with Gasteiger partial charge in [0.05, 0.1) is 5.52 Å². The predicted molar refractivity (Wildman–Crippen MR) is 97.8 cm³/mol. The number of aromatic nitrogens is 1. The van der Waals surface area contributed by atoms with Gasteiger partial charge in [-0.1, -0.05) is 19.9 Å². The minimum Gasteiger partial charge on any atom is -0.408 e. The summed E-state index contributed by atoms with van der Waals surface area (Å²) in [6, 6.07) is 6.21. The van der Waals surface area contributed by atoms with Crippen molar-refractivity contribution in [1.29, 1.82) is 0 Å². The zero-order valence-corrected chi connectivity index (χ0v) is 15.4. The average molecular weight is 345 g/mol. The molecule has 1 saturated heterocycles. The maximum Gasteiger partial charge on any atom is 0.419 e. The Labute approximate surface area is 147 Å². The van der Waals surface area contributed by atoms with Crippen LogP contribution in [0.25, 0.3) is 11.1 Å². The van der Waals surface area contributed by atoms with Gasteiger partial charge in [0.25, 0.3) is 0 Å². The number of piperidine rings is 1. The molecule has 1 aliphatic heterocycles. The fraction of sp³-hybridized carbons (Fsp3) is 0.579. The molecule has 0 spiro atoms. The van der Waals surface area contributed by atoms with Crippen LogP contribution in [0.5, 0.6) is 0 Å². The molecule has 0 aliphatic carbocycles. The molecule has 6 nitrogen and oxygen atoms in total. The zero-order valence-electron chi connectivity index (χ0n) is 15.4. The fourth-order valence-corrected chi connectivity index (χ4v) is 3.57. The molecule has 1 aromatic carbocycles. The number of nitrogens with zero attached hydrogens (tertiary/aromatic N) is 2. The van der Waals surface area contributed by atoms with E-state index in [1.165, 1.54) is 10.1 Å². The maximum atomic E-state index is 12.3. The molecule has 0 radical (unpaired) electrons. The van der Waals surface area contributed by atoms with Gasteiger partial charge in [0, 0.05) is 26.2 Å². The lowest BCUT2D eigenvalue weighted by Gasteiger charge is -2.38. The number of urea groups is 1. The Morgan fingerprint density at radius 3 is 2.84 bits per heavy atom. The van der Waals surface area contributed by atoms with Crippen LogP contribution in [0.2, 0.25) is 0 Å². The first-order chi connectivity index (χ1) is 11.9. The van der Waals surface area contributed by atoms with E-state index in [9.17, 15) is 9.59 Å². The Bertz CT molecular complexity index is 821. The van der Waals surface area contributed by atoms with Gasteiger partial charge in [0.15, 0.2) is 5.58 Å². The maximum absolute atomic E-state index is 12.3. The second-order valence-electron chi connectivity index (χ2n) is 7.50. The molecule has 1 unspecified atom stereocenters. The van der Waals surface area contributed by atoms with E-state index >= 15 is 0 Å². The normalized spacial score (nSPS) is 21.1. The van der Waals surface area contributed by atoms with Crippen LogP contribution in [0.15, 0.2) is 27.4 Å². The van der Waals surface area contributed by atoms with E-state index in [0.717, 1.165) is 24.9 Å². The summed E-state index contributed by atoms with van der Waals surface area (Å²) < 4.78 is 6.82. The van der Waals surface area contributed by atoms with Crippen molar-refractivity contribution in [3.63, 3.8) is 0 Å². The molecule has 6 heteroatoms. The van der Waals surface area contributed by atoms with Gasteiger partial charge >= 0.3 is 11.8 Å². The number of nitrogens with one attached hydrogen (secondary N) is 1. The smallest absolute Gasteiger partial charge is 0.408 e. The second kappa shape index (κ2) is 6.94. The van der Waals surface area contributed by atoms with E-state index in [4.69, 9.17) is 4.42 Å². The van der Waals surface area contributed by atoms with Crippen molar-refractivity contribution >= 4 is 17.1 Å². The highest BCUT2D eigenvalue weighted by Crippen LogP contribution is 2.33. The lowest BCUT2D eigenvalue weighted by molar-refractivity contribution is 0.149. The summed E-state index contributed by atoms with van der Waals surface area (Å²) in [7, 11) is 1.71. The second-order valence-corrected chi connectivity index (χ2v) is 7.50. The topological polar surface area (TPSA) is 67.5 Å². The number of hydrogen-bond donors (Lipinski definition) is 1. The molecule has 1 aliphatic rings. The van der Waals surface area contributed by atoms with Crippen molar-refractivity contribution in [3.05, 3.63) is 34.3 Å². The van der Waals surface area contributed by atoms with Gasteiger partial charge in [0.2, 0.25) is 0 Å². The lowest BCUT2D eigenvalue weighted by atomic mass is 9.86. The largest absolute Gasteiger partial charge is 0.419 e. The van der Waals surface area contributed by atoms with E-state index in [0.29, 0.717) is 24.0 Å². The Balaban J connectivity index is 1.70. The van der Waals surface area contributed by atoms with Crippen LogP contribution in [-0.4, -0.2) is 34.6 Å². The number of rotatable bonds is 3.